The van der Waals surface area contributed by atoms with Gasteiger partial charge in [-0.15, -0.1) is 0 Å². The Morgan fingerprint density at radius 3 is 2.79 bits per heavy atom. The standard InChI is InChI=1S/C11H21N3/c1-4-6-12-8-11(5-2)14-9-10(3)7-13-14/h7,9,11-12H,4-6,8H2,1-3H3. The van der Waals surface area contributed by atoms with E-state index in [9.17, 15) is 0 Å². The summed E-state index contributed by atoms with van der Waals surface area (Å²) in [5.41, 5.74) is 1.24. The number of nitrogens with zero attached hydrogens (tertiary/aromatic N) is 2. The van der Waals surface area contributed by atoms with Crippen LogP contribution < -0.4 is 5.32 Å². The number of aromatic nitrogens is 2. The second-order valence-electron chi connectivity index (χ2n) is 3.76. The first-order chi connectivity index (χ1) is 6.77. The maximum atomic E-state index is 4.34. The van der Waals surface area contributed by atoms with Crippen molar-refractivity contribution in [3.8, 4) is 0 Å². The third-order valence-corrected chi connectivity index (χ3v) is 2.38. The SMILES string of the molecule is CCCNCC(CC)n1cc(C)cn1. The molecule has 1 aromatic rings. The van der Waals surface area contributed by atoms with Gasteiger partial charge in [-0.05, 0) is 31.9 Å². The highest BCUT2D eigenvalue weighted by Crippen LogP contribution is 2.09. The zero-order chi connectivity index (χ0) is 10.4. The fraction of sp³-hybridized carbons (Fsp3) is 0.727. The van der Waals surface area contributed by atoms with E-state index < -0.39 is 0 Å². The van der Waals surface area contributed by atoms with Crippen molar-refractivity contribution >= 4 is 0 Å². The summed E-state index contributed by atoms with van der Waals surface area (Å²) in [6.45, 7) is 8.58. The normalized spacial score (nSPS) is 13.1. The topological polar surface area (TPSA) is 29.9 Å². The largest absolute Gasteiger partial charge is 0.315 e. The average molecular weight is 195 g/mol. The molecule has 14 heavy (non-hydrogen) atoms. The quantitative estimate of drug-likeness (QED) is 0.705. The minimum atomic E-state index is 0.496. The van der Waals surface area contributed by atoms with E-state index in [-0.39, 0.29) is 0 Å². The summed E-state index contributed by atoms with van der Waals surface area (Å²) in [6.07, 6.45) is 6.34. The fourth-order valence-corrected chi connectivity index (χ4v) is 1.50. The lowest BCUT2D eigenvalue weighted by molar-refractivity contribution is 0.412. The first-order valence-electron chi connectivity index (χ1n) is 5.49. The van der Waals surface area contributed by atoms with E-state index in [1.807, 2.05) is 6.20 Å². The van der Waals surface area contributed by atoms with Crippen molar-refractivity contribution in [3.63, 3.8) is 0 Å². The minimum Gasteiger partial charge on any atom is -0.315 e. The number of aryl methyl sites for hydroxylation is 1. The molecule has 3 nitrogen and oxygen atoms in total. The van der Waals surface area contributed by atoms with E-state index in [1.165, 1.54) is 12.0 Å². The lowest BCUT2D eigenvalue weighted by atomic mass is 10.2. The summed E-state index contributed by atoms with van der Waals surface area (Å²) >= 11 is 0. The summed E-state index contributed by atoms with van der Waals surface area (Å²) in [5.74, 6) is 0. The molecule has 1 N–H and O–H groups in total. The Balaban J connectivity index is 2.45. The lowest BCUT2D eigenvalue weighted by Crippen LogP contribution is -2.25. The van der Waals surface area contributed by atoms with Crippen LogP contribution in [0, 0.1) is 6.92 Å². The molecule has 0 spiro atoms. The van der Waals surface area contributed by atoms with Crippen molar-refractivity contribution in [2.45, 2.75) is 39.7 Å². The Labute approximate surface area is 86.5 Å². The Morgan fingerprint density at radius 1 is 1.50 bits per heavy atom. The van der Waals surface area contributed by atoms with Crippen molar-refractivity contribution < 1.29 is 0 Å². The van der Waals surface area contributed by atoms with Crippen LogP contribution in [0.2, 0.25) is 0 Å². The van der Waals surface area contributed by atoms with Crippen LogP contribution in [-0.4, -0.2) is 22.9 Å². The number of rotatable bonds is 6. The van der Waals surface area contributed by atoms with Gasteiger partial charge in [0.1, 0.15) is 0 Å². The van der Waals surface area contributed by atoms with Crippen molar-refractivity contribution in [2.24, 2.45) is 0 Å². The molecule has 0 fully saturated rings. The van der Waals surface area contributed by atoms with Crippen molar-refractivity contribution in [3.05, 3.63) is 18.0 Å². The predicted octanol–water partition coefficient (Wildman–Crippen LogP) is 2.14. The summed E-state index contributed by atoms with van der Waals surface area (Å²) in [6, 6.07) is 0.496. The maximum absolute atomic E-state index is 4.34. The Kier molecular flexibility index (Phi) is 4.66. The number of nitrogens with one attached hydrogen (secondary N) is 1. The van der Waals surface area contributed by atoms with Gasteiger partial charge in [-0.25, -0.2) is 0 Å². The highest BCUT2D eigenvalue weighted by atomic mass is 15.3. The molecule has 3 heteroatoms. The van der Waals surface area contributed by atoms with E-state index in [2.05, 4.69) is 42.1 Å². The molecule has 1 aromatic heterocycles. The highest BCUT2D eigenvalue weighted by Gasteiger charge is 2.08. The van der Waals surface area contributed by atoms with Gasteiger partial charge in [-0.3, -0.25) is 4.68 Å². The molecular formula is C11H21N3. The van der Waals surface area contributed by atoms with Crippen LogP contribution in [0.25, 0.3) is 0 Å². The molecule has 0 aliphatic rings. The van der Waals surface area contributed by atoms with Gasteiger partial charge in [0.05, 0.1) is 12.2 Å². The van der Waals surface area contributed by atoms with Crippen LogP contribution in [0.15, 0.2) is 12.4 Å². The van der Waals surface area contributed by atoms with Gasteiger partial charge in [0.2, 0.25) is 0 Å². The number of hydrogen-bond donors (Lipinski definition) is 1. The number of hydrogen-bond acceptors (Lipinski definition) is 2. The smallest absolute Gasteiger partial charge is 0.0641 e. The zero-order valence-corrected chi connectivity index (χ0v) is 9.45. The molecule has 0 bridgehead atoms. The molecule has 1 heterocycles. The molecular weight excluding hydrogens is 174 g/mol. The Bertz CT molecular complexity index is 255. The van der Waals surface area contributed by atoms with Crippen molar-refractivity contribution in [1.29, 1.82) is 0 Å². The van der Waals surface area contributed by atoms with E-state index >= 15 is 0 Å². The van der Waals surface area contributed by atoms with E-state index in [4.69, 9.17) is 0 Å². The monoisotopic (exact) mass is 195 g/mol. The third-order valence-electron chi connectivity index (χ3n) is 2.38. The Morgan fingerprint density at radius 2 is 2.29 bits per heavy atom. The summed E-state index contributed by atoms with van der Waals surface area (Å²) in [7, 11) is 0. The first kappa shape index (κ1) is 11.2. The molecule has 0 amide bonds. The predicted molar refractivity (Wildman–Crippen MR) is 59.5 cm³/mol. The fourth-order valence-electron chi connectivity index (χ4n) is 1.50. The van der Waals surface area contributed by atoms with Gasteiger partial charge in [-0.1, -0.05) is 13.8 Å². The van der Waals surface area contributed by atoms with E-state index in [0.717, 1.165) is 19.5 Å². The third kappa shape index (κ3) is 3.14. The first-order valence-corrected chi connectivity index (χ1v) is 5.49. The zero-order valence-electron chi connectivity index (χ0n) is 9.45. The van der Waals surface area contributed by atoms with E-state index in [1.54, 1.807) is 0 Å². The lowest BCUT2D eigenvalue weighted by Gasteiger charge is -2.15. The average Bonchev–Trinajstić information content (AvgIpc) is 2.60. The minimum absolute atomic E-state index is 0.496. The van der Waals surface area contributed by atoms with Gasteiger partial charge >= 0.3 is 0 Å². The van der Waals surface area contributed by atoms with Crippen LogP contribution in [-0.2, 0) is 0 Å². The molecule has 0 aliphatic heterocycles. The van der Waals surface area contributed by atoms with Gasteiger partial charge < -0.3 is 5.32 Å². The molecule has 80 valence electrons. The van der Waals surface area contributed by atoms with Gasteiger partial charge in [0, 0.05) is 12.7 Å². The van der Waals surface area contributed by atoms with Gasteiger partial charge in [-0.2, -0.15) is 5.10 Å². The van der Waals surface area contributed by atoms with Crippen molar-refractivity contribution in [2.75, 3.05) is 13.1 Å². The second kappa shape index (κ2) is 5.81. The molecule has 1 rings (SSSR count). The van der Waals surface area contributed by atoms with Crippen LogP contribution in [0.1, 0.15) is 38.3 Å². The summed E-state index contributed by atoms with van der Waals surface area (Å²) < 4.78 is 2.07. The molecule has 0 saturated carbocycles. The van der Waals surface area contributed by atoms with Crippen LogP contribution >= 0.6 is 0 Å². The Hall–Kier alpha value is -0.830. The molecule has 0 aliphatic carbocycles. The molecule has 0 saturated heterocycles. The summed E-state index contributed by atoms with van der Waals surface area (Å²) in [4.78, 5) is 0. The van der Waals surface area contributed by atoms with E-state index in [0.29, 0.717) is 6.04 Å². The molecule has 1 unspecified atom stereocenters. The summed E-state index contributed by atoms with van der Waals surface area (Å²) in [5, 5.41) is 7.78. The maximum Gasteiger partial charge on any atom is 0.0641 e. The van der Waals surface area contributed by atoms with Crippen LogP contribution in [0.5, 0.6) is 0 Å². The van der Waals surface area contributed by atoms with Crippen LogP contribution in [0.4, 0.5) is 0 Å². The van der Waals surface area contributed by atoms with Gasteiger partial charge in [0.15, 0.2) is 0 Å². The molecule has 1 atom stereocenters. The second-order valence-corrected chi connectivity index (χ2v) is 3.76. The van der Waals surface area contributed by atoms with Gasteiger partial charge in [0.25, 0.3) is 0 Å². The van der Waals surface area contributed by atoms with Crippen molar-refractivity contribution in [1.82, 2.24) is 15.1 Å². The molecule has 0 aromatic carbocycles. The van der Waals surface area contributed by atoms with Crippen LogP contribution in [0.3, 0.4) is 0 Å². The molecule has 0 radical (unpaired) electrons. The highest BCUT2D eigenvalue weighted by molar-refractivity contribution is 5.00.